The van der Waals surface area contributed by atoms with Gasteiger partial charge in [-0.3, -0.25) is 9.69 Å². The number of amides is 1. The van der Waals surface area contributed by atoms with Crippen LogP contribution in [0.25, 0.3) is 10.2 Å². The quantitative estimate of drug-likeness (QED) is 0.571. The SMILES string of the molecule is COc1c(Cl)ccc2sc(N3CCN(CCNC(=O)C4COc5ccccc5O4)CC3)nc12. The molecule has 8 nitrogen and oxygen atoms in total. The van der Waals surface area contributed by atoms with Crippen LogP contribution in [0.4, 0.5) is 5.13 Å². The Bertz CT molecular complexity index is 1150. The number of ether oxygens (including phenoxy) is 3. The van der Waals surface area contributed by atoms with Gasteiger partial charge in [0.25, 0.3) is 5.91 Å². The van der Waals surface area contributed by atoms with Crippen molar-refractivity contribution >= 4 is 44.2 Å². The van der Waals surface area contributed by atoms with E-state index in [0.717, 1.165) is 48.1 Å². The summed E-state index contributed by atoms with van der Waals surface area (Å²) >= 11 is 7.89. The molecule has 3 heterocycles. The third kappa shape index (κ3) is 4.66. The van der Waals surface area contributed by atoms with Gasteiger partial charge in [-0.1, -0.05) is 35.1 Å². The van der Waals surface area contributed by atoms with Crippen molar-refractivity contribution in [2.24, 2.45) is 0 Å². The first-order chi connectivity index (χ1) is 16.1. The molecule has 1 saturated heterocycles. The molecule has 2 aromatic carbocycles. The monoisotopic (exact) mass is 488 g/mol. The number of hydrogen-bond acceptors (Lipinski definition) is 8. The summed E-state index contributed by atoms with van der Waals surface area (Å²) in [5, 5.41) is 4.53. The minimum atomic E-state index is -0.624. The van der Waals surface area contributed by atoms with Gasteiger partial charge in [-0.05, 0) is 24.3 Å². The molecule has 3 aromatic rings. The number of nitrogens with one attached hydrogen (secondary N) is 1. The summed E-state index contributed by atoms with van der Waals surface area (Å²) in [4.78, 5) is 21.9. The highest BCUT2D eigenvalue weighted by atomic mass is 35.5. The number of anilines is 1. The Kier molecular flexibility index (Phi) is 6.43. The van der Waals surface area contributed by atoms with Crippen molar-refractivity contribution in [2.45, 2.75) is 6.10 Å². The lowest BCUT2D eigenvalue weighted by Crippen LogP contribution is -2.50. The Morgan fingerprint density at radius 2 is 2.00 bits per heavy atom. The maximum absolute atomic E-state index is 12.5. The second-order valence-electron chi connectivity index (χ2n) is 7.91. The number of fused-ring (bicyclic) bond motifs is 2. The first-order valence-corrected chi connectivity index (χ1v) is 12.1. The van der Waals surface area contributed by atoms with Crippen molar-refractivity contribution in [2.75, 3.05) is 57.9 Å². The number of benzene rings is 2. The smallest absolute Gasteiger partial charge is 0.264 e. The summed E-state index contributed by atoms with van der Waals surface area (Å²) < 4.78 is 17.9. The molecule has 2 aliphatic heterocycles. The molecule has 2 aliphatic rings. The van der Waals surface area contributed by atoms with Crippen molar-refractivity contribution in [3.8, 4) is 17.2 Å². The molecular formula is C23H25ClN4O4S. The lowest BCUT2D eigenvalue weighted by Gasteiger charge is -2.34. The van der Waals surface area contributed by atoms with Gasteiger partial charge in [-0.15, -0.1) is 0 Å². The Hall–Kier alpha value is -2.75. The fourth-order valence-corrected chi connectivity index (χ4v) is 5.27. The molecule has 174 valence electrons. The zero-order chi connectivity index (χ0) is 22.8. The molecule has 1 fully saturated rings. The summed E-state index contributed by atoms with van der Waals surface area (Å²) in [6, 6.07) is 11.2. The van der Waals surface area contributed by atoms with Crippen LogP contribution in [0, 0.1) is 0 Å². The molecule has 1 N–H and O–H groups in total. The van der Waals surface area contributed by atoms with Crippen molar-refractivity contribution in [1.82, 2.24) is 15.2 Å². The number of piperazine rings is 1. The van der Waals surface area contributed by atoms with Crippen LogP contribution >= 0.6 is 22.9 Å². The van der Waals surface area contributed by atoms with Crippen LogP contribution in [0.3, 0.4) is 0 Å². The highest BCUT2D eigenvalue weighted by molar-refractivity contribution is 7.22. The van der Waals surface area contributed by atoms with Crippen LogP contribution in [0.2, 0.25) is 5.02 Å². The van der Waals surface area contributed by atoms with Gasteiger partial charge >= 0.3 is 0 Å². The fourth-order valence-electron chi connectivity index (χ4n) is 4.03. The second kappa shape index (κ2) is 9.62. The highest BCUT2D eigenvalue weighted by Crippen LogP contribution is 2.38. The number of carbonyl (C=O) groups is 1. The Morgan fingerprint density at radius 1 is 1.21 bits per heavy atom. The van der Waals surface area contributed by atoms with Gasteiger partial charge in [-0.2, -0.15) is 0 Å². The van der Waals surface area contributed by atoms with Crippen molar-refractivity contribution in [3.63, 3.8) is 0 Å². The number of carbonyl (C=O) groups excluding carboxylic acids is 1. The van der Waals surface area contributed by atoms with Crippen molar-refractivity contribution in [3.05, 3.63) is 41.4 Å². The van der Waals surface area contributed by atoms with Crippen molar-refractivity contribution < 1.29 is 19.0 Å². The van der Waals surface area contributed by atoms with Gasteiger partial charge in [0.15, 0.2) is 22.4 Å². The lowest BCUT2D eigenvalue weighted by atomic mass is 10.2. The van der Waals surface area contributed by atoms with Gasteiger partial charge in [-0.25, -0.2) is 4.98 Å². The topological polar surface area (TPSA) is 76.2 Å². The van der Waals surface area contributed by atoms with Crippen LogP contribution in [-0.4, -0.2) is 74.9 Å². The maximum Gasteiger partial charge on any atom is 0.264 e. The molecule has 0 bridgehead atoms. The largest absolute Gasteiger partial charge is 0.493 e. The van der Waals surface area contributed by atoms with Gasteiger partial charge in [0, 0.05) is 39.3 Å². The number of rotatable bonds is 6. The van der Waals surface area contributed by atoms with Gasteiger partial charge in [0.2, 0.25) is 6.10 Å². The van der Waals surface area contributed by atoms with E-state index in [-0.39, 0.29) is 12.5 Å². The number of para-hydroxylation sites is 2. The molecule has 1 aromatic heterocycles. The van der Waals surface area contributed by atoms with Gasteiger partial charge in [0.1, 0.15) is 12.1 Å². The summed E-state index contributed by atoms with van der Waals surface area (Å²) in [6.45, 7) is 5.13. The molecule has 0 saturated carbocycles. The summed E-state index contributed by atoms with van der Waals surface area (Å²) in [5.74, 6) is 1.76. The number of hydrogen-bond donors (Lipinski definition) is 1. The lowest BCUT2D eigenvalue weighted by molar-refractivity contribution is -0.130. The fraction of sp³-hybridized carbons (Fsp3) is 0.391. The minimum absolute atomic E-state index is 0.148. The first-order valence-electron chi connectivity index (χ1n) is 10.9. The van der Waals surface area contributed by atoms with Gasteiger partial charge in [0.05, 0.1) is 16.8 Å². The number of halogens is 1. The zero-order valence-electron chi connectivity index (χ0n) is 18.3. The van der Waals surface area contributed by atoms with E-state index < -0.39 is 6.10 Å². The van der Waals surface area contributed by atoms with Crippen LogP contribution in [-0.2, 0) is 4.79 Å². The van der Waals surface area contributed by atoms with Crippen LogP contribution in [0.15, 0.2) is 36.4 Å². The van der Waals surface area contributed by atoms with Crippen LogP contribution in [0.5, 0.6) is 17.2 Å². The summed E-state index contributed by atoms with van der Waals surface area (Å²) in [7, 11) is 1.61. The molecule has 1 atom stereocenters. The number of nitrogens with zero attached hydrogens (tertiary/aromatic N) is 3. The number of methoxy groups -OCH3 is 1. The van der Waals surface area contributed by atoms with Crippen molar-refractivity contribution in [1.29, 1.82) is 0 Å². The van der Waals surface area contributed by atoms with Gasteiger partial charge < -0.3 is 24.4 Å². The third-order valence-electron chi connectivity index (χ3n) is 5.83. The Labute approximate surface area is 201 Å². The Morgan fingerprint density at radius 3 is 2.79 bits per heavy atom. The minimum Gasteiger partial charge on any atom is -0.493 e. The average molecular weight is 489 g/mol. The van der Waals surface area contributed by atoms with Crippen LogP contribution < -0.4 is 24.4 Å². The molecule has 5 rings (SSSR count). The first kappa shape index (κ1) is 22.1. The molecule has 0 radical (unpaired) electrons. The molecule has 0 spiro atoms. The number of thiazole rings is 1. The zero-order valence-corrected chi connectivity index (χ0v) is 19.8. The normalized spacial score (nSPS) is 18.4. The van der Waals surface area contributed by atoms with E-state index in [1.807, 2.05) is 36.4 Å². The molecule has 33 heavy (non-hydrogen) atoms. The predicted octanol–water partition coefficient (Wildman–Crippen LogP) is 3.04. The third-order valence-corrected chi connectivity index (χ3v) is 7.21. The Balaban J connectivity index is 1.09. The van der Waals surface area contributed by atoms with E-state index in [0.29, 0.717) is 28.8 Å². The molecule has 1 unspecified atom stereocenters. The summed E-state index contributed by atoms with van der Waals surface area (Å²) in [5.41, 5.74) is 0.812. The standard InChI is InChI=1S/C23H25ClN4O4S/c1-30-21-15(24)6-7-19-20(21)26-23(33-19)28-12-10-27(11-13-28)9-8-25-22(29)18-14-31-16-4-2-3-5-17(16)32-18/h2-7,18H,8-14H2,1H3,(H,25,29). The van der Waals surface area contributed by atoms with E-state index in [9.17, 15) is 4.79 Å². The average Bonchev–Trinajstić information content (AvgIpc) is 3.28. The molecular weight excluding hydrogens is 464 g/mol. The van der Waals surface area contributed by atoms with E-state index in [1.165, 1.54) is 0 Å². The van der Waals surface area contributed by atoms with Crippen LogP contribution in [0.1, 0.15) is 0 Å². The van der Waals surface area contributed by atoms with E-state index in [1.54, 1.807) is 18.4 Å². The molecule has 10 heteroatoms. The summed E-state index contributed by atoms with van der Waals surface area (Å²) in [6.07, 6.45) is -0.624. The van der Waals surface area contributed by atoms with E-state index in [4.69, 9.17) is 30.8 Å². The second-order valence-corrected chi connectivity index (χ2v) is 9.32. The predicted molar refractivity (Wildman–Crippen MR) is 129 cm³/mol. The maximum atomic E-state index is 12.5. The molecule has 0 aliphatic carbocycles. The van der Waals surface area contributed by atoms with E-state index in [2.05, 4.69) is 15.1 Å². The molecule has 1 amide bonds. The number of aromatic nitrogens is 1. The highest BCUT2D eigenvalue weighted by Gasteiger charge is 2.27. The van der Waals surface area contributed by atoms with E-state index >= 15 is 0 Å².